The second kappa shape index (κ2) is 8.08. The largest absolute Gasteiger partial charge is 0.481 e. The fourth-order valence-electron chi connectivity index (χ4n) is 1.56. The third kappa shape index (κ3) is 5.64. The summed E-state index contributed by atoms with van der Waals surface area (Å²) in [5.41, 5.74) is 0.191. The molecule has 0 saturated heterocycles. The summed E-state index contributed by atoms with van der Waals surface area (Å²) < 4.78 is 26.2. The van der Waals surface area contributed by atoms with Crippen molar-refractivity contribution in [1.82, 2.24) is 10.6 Å². The molecule has 0 aromatic heterocycles. The van der Waals surface area contributed by atoms with E-state index in [1.807, 2.05) is 0 Å². The number of halogens is 2. The molecule has 0 saturated carbocycles. The van der Waals surface area contributed by atoms with Crippen LogP contribution < -0.4 is 10.6 Å². The first kappa shape index (κ1) is 15.9. The van der Waals surface area contributed by atoms with Gasteiger partial charge in [-0.05, 0) is 24.5 Å². The highest BCUT2D eigenvalue weighted by molar-refractivity contribution is 5.73. The number of hydrogen-bond acceptors (Lipinski definition) is 2. The van der Waals surface area contributed by atoms with Crippen LogP contribution in [-0.4, -0.2) is 30.2 Å². The van der Waals surface area contributed by atoms with E-state index >= 15 is 0 Å². The van der Waals surface area contributed by atoms with Crippen molar-refractivity contribution in [3.63, 3.8) is 0 Å². The molecule has 0 bridgehead atoms. The lowest BCUT2D eigenvalue weighted by atomic mass is 10.1. The molecule has 1 aromatic rings. The molecule has 1 aromatic carbocycles. The molecule has 7 heteroatoms. The molecule has 0 atom stereocenters. The number of carbonyl (C=O) groups excluding carboxylic acids is 1. The van der Waals surface area contributed by atoms with Gasteiger partial charge in [-0.15, -0.1) is 0 Å². The second-order valence-electron chi connectivity index (χ2n) is 4.14. The van der Waals surface area contributed by atoms with Gasteiger partial charge < -0.3 is 15.7 Å². The fraction of sp³-hybridized carbons (Fsp3) is 0.385. The average Bonchev–Trinajstić information content (AvgIpc) is 2.39. The van der Waals surface area contributed by atoms with Gasteiger partial charge in [0, 0.05) is 19.5 Å². The van der Waals surface area contributed by atoms with Gasteiger partial charge in [0.25, 0.3) is 0 Å². The van der Waals surface area contributed by atoms with Crippen LogP contribution in [0.5, 0.6) is 0 Å². The Hall–Kier alpha value is -2.18. The van der Waals surface area contributed by atoms with Gasteiger partial charge in [-0.3, -0.25) is 4.79 Å². The van der Waals surface area contributed by atoms with Crippen molar-refractivity contribution in [2.24, 2.45) is 0 Å². The van der Waals surface area contributed by atoms with Gasteiger partial charge in [0.2, 0.25) is 0 Å². The first-order valence-corrected chi connectivity index (χ1v) is 6.17. The molecule has 0 radical (unpaired) electrons. The Morgan fingerprint density at radius 1 is 1.15 bits per heavy atom. The maximum atomic E-state index is 13.3. The highest BCUT2D eigenvalue weighted by Crippen LogP contribution is 2.11. The van der Waals surface area contributed by atoms with Crippen molar-refractivity contribution in [2.75, 3.05) is 13.1 Å². The molecule has 0 aliphatic carbocycles. The molecule has 0 unspecified atom stereocenters. The lowest BCUT2D eigenvalue weighted by molar-refractivity contribution is -0.137. The summed E-state index contributed by atoms with van der Waals surface area (Å²) >= 11 is 0. The normalized spacial score (nSPS) is 10.1. The van der Waals surface area contributed by atoms with Gasteiger partial charge in [0.15, 0.2) is 11.6 Å². The molecule has 0 heterocycles. The Kier molecular flexibility index (Phi) is 6.42. The van der Waals surface area contributed by atoms with E-state index in [0.29, 0.717) is 6.42 Å². The predicted octanol–water partition coefficient (Wildman–Crippen LogP) is 1.67. The Labute approximate surface area is 115 Å². The molecular formula is C13H16F2N2O3. The predicted molar refractivity (Wildman–Crippen MR) is 68.3 cm³/mol. The summed E-state index contributed by atoms with van der Waals surface area (Å²) in [5.74, 6) is -2.74. The molecule has 2 amide bonds. The average molecular weight is 286 g/mol. The molecule has 3 N–H and O–H groups in total. The quantitative estimate of drug-likeness (QED) is 0.667. The van der Waals surface area contributed by atoms with Crippen LogP contribution in [0.25, 0.3) is 0 Å². The van der Waals surface area contributed by atoms with Gasteiger partial charge >= 0.3 is 12.0 Å². The number of benzene rings is 1. The maximum absolute atomic E-state index is 13.3. The van der Waals surface area contributed by atoms with Gasteiger partial charge in [0.05, 0.1) is 0 Å². The molecule has 0 aliphatic rings. The standard InChI is InChI=1S/C13H16F2N2O3/c14-10-4-1-3-9(12(10)15)6-8-17-13(20)16-7-2-5-11(18)19/h1,3-4H,2,5-8H2,(H,18,19)(H2,16,17,20). The minimum Gasteiger partial charge on any atom is -0.481 e. The number of hydrogen-bond donors (Lipinski definition) is 3. The Balaban J connectivity index is 2.22. The Morgan fingerprint density at radius 3 is 2.55 bits per heavy atom. The van der Waals surface area contributed by atoms with Crippen molar-refractivity contribution in [2.45, 2.75) is 19.3 Å². The van der Waals surface area contributed by atoms with E-state index in [9.17, 15) is 18.4 Å². The monoisotopic (exact) mass is 286 g/mol. The number of carboxylic acid groups (broad SMARTS) is 1. The number of amides is 2. The van der Waals surface area contributed by atoms with E-state index in [-0.39, 0.29) is 31.5 Å². The lowest BCUT2D eigenvalue weighted by Gasteiger charge is -2.07. The Bertz CT molecular complexity index is 481. The van der Waals surface area contributed by atoms with Crippen LogP contribution in [0.4, 0.5) is 13.6 Å². The van der Waals surface area contributed by atoms with Crippen molar-refractivity contribution >= 4 is 12.0 Å². The molecule has 20 heavy (non-hydrogen) atoms. The SMILES string of the molecule is O=C(O)CCCNC(=O)NCCc1cccc(F)c1F. The zero-order valence-corrected chi connectivity index (χ0v) is 10.8. The smallest absolute Gasteiger partial charge is 0.314 e. The third-order valence-electron chi connectivity index (χ3n) is 2.56. The summed E-state index contributed by atoms with van der Waals surface area (Å²) in [6.07, 6.45) is 0.488. The molecule has 110 valence electrons. The number of aliphatic carboxylic acids is 1. The van der Waals surface area contributed by atoms with Crippen LogP contribution in [-0.2, 0) is 11.2 Å². The van der Waals surface area contributed by atoms with Crippen molar-refractivity contribution < 1.29 is 23.5 Å². The summed E-state index contributed by atoms with van der Waals surface area (Å²) in [7, 11) is 0. The number of carbonyl (C=O) groups is 2. The fourth-order valence-corrected chi connectivity index (χ4v) is 1.56. The van der Waals surface area contributed by atoms with Crippen LogP contribution in [0.1, 0.15) is 18.4 Å². The second-order valence-corrected chi connectivity index (χ2v) is 4.14. The first-order valence-electron chi connectivity index (χ1n) is 6.17. The molecule has 1 rings (SSSR count). The minimum absolute atomic E-state index is 0.0191. The van der Waals surface area contributed by atoms with E-state index in [0.717, 1.165) is 6.07 Å². The summed E-state index contributed by atoms with van der Waals surface area (Å²) in [6, 6.07) is 3.42. The number of urea groups is 1. The summed E-state index contributed by atoms with van der Waals surface area (Å²) in [4.78, 5) is 21.5. The minimum atomic E-state index is -0.922. The number of carboxylic acids is 1. The van der Waals surface area contributed by atoms with E-state index < -0.39 is 23.6 Å². The van der Waals surface area contributed by atoms with Gasteiger partial charge in [-0.2, -0.15) is 0 Å². The lowest BCUT2D eigenvalue weighted by Crippen LogP contribution is -2.37. The van der Waals surface area contributed by atoms with Crippen LogP contribution in [0.2, 0.25) is 0 Å². The highest BCUT2D eigenvalue weighted by atomic mass is 19.2. The van der Waals surface area contributed by atoms with E-state index in [1.165, 1.54) is 12.1 Å². The van der Waals surface area contributed by atoms with Crippen LogP contribution in [0.15, 0.2) is 18.2 Å². The van der Waals surface area contributed by atoms with Crippen LogP contribution >= 0.6 is 0 Å². The van der Waals surface area contributed by atoms with Gasteiger partial charge in [0.1, 0.15) is 0 Å². The van der Waals surface area contributed by atoms with E-state index in [1.54, 1.807) is 0 Å². The van der Waals surface area contributed by atoms with Crippen LogP contribution in [0, 0.1) is 11.6 Å². The molecule has 0 spiro atoms. The summed E-state index contributed by atoms with van der Waals surface area (Å²) in [6.45, 7) is 0.400. The molecular weight excluding hydrogens is 270 g/mol. The number of rotatable bonds is 7. The number of nitrogens with one attached hydrogen (secondary N) is 2. The van der Waals surface area contributed by atoms with E-state index in [2.05, 4.69) is 10.6 Å². The Morgan fingerprint density at radius 2 is 1.85 bits per heavy atom. The van der Waals surface area contributed by atoms with Crippen LogP contribution in [0.3, 0.4) is 0 Å². The van der Waals surface area contributed by atoms with Crippen molar-refractivity contribution in [1.29, 1.82) is 0 Å². The van der Waals surface area contributed by atoms with Gasteiger partial charge in [-0.25, -0.2) is 13.6 Å². The molecule has 5 nitrogen and oxygen atoms in total. The third-order valence-corrected chi connectivity index (χ3v) is 2.56. The van der Waals surface area contributed by atoms with Crippen molar-refractivity contribution in [3.05, 3.63) is 35.4 Å². The highest BCUT2D eigenvalue weighted by Gasteiger charge is 2.07. The van der Waals surface area contributed by atoms with Crippen molar-refractivity contribution in [3.8, 4) is 0 Å². The van der Waals surface area contributed by atoms with Gasteiger partial charge in [-0.1, -0.05) is 12.1 Å². The zero-order chi connectivity index (χ0) is 15.0. The topological polar surface area (TPSA) is 78.4 Å². The van der Waals surface area contributed by atoms with E-state index in [4.69, 9.17) is 5.11 Å². The maximum Gasteiger partial charge on any atom is 0.314 e. The zero-order valence-electron chi connectivity index (χ0n) is 10.8. The molecule has 0 aliphatic heterocycles. The molecule has 0 fully saturated rings. The summed E-state index contributed by atoms with van der Waals surface area (Å²) in [5, 5.41) is 13.3. The first-order chi connectivity index (χ1) is 9.50.